The largest absolute Gasteiger partial charge is 0.377 e. The minimum Gasteiger partial charge on any atom is -0.377 e. The molecule has 0 fully saturated rings. The lowest BCUT2D eigenvalue weighted by Gasteiger charge is -2.22. The summed E-state index contributed by atoms with van der Waals surface area (Å²) < 4.78 is 5.19. The number of methoxy groups -OCH3 is 1. The van der Waals surface area contributed by atoms with Crippen LogP contribution in [-0.4, -0.2) is 29.2 Å². The van der Waals surface area contributed by atoms with Crippen LogP contribution in [0.2, 0.25) is 0 Å². The molecule has 1 heterocycles. The van der Waals surface area contributed by atoms with Gasteiger partial charge in [0.15, 0.2) is 5.13 Å². The Kier molecular flexibility index (Phi) is 3.59. The zero-order chi connectivity index (χ0) is 11.5. The smallest absolute Gasteiger partial charge is 0.345 e. The quantitative estimate of drug-likeness (QED) is 0.618. The fourth-order valence-electron chi connectivity index (χ4n) is 0.792. The summed E-state index contributed by atoms with van der Waals surface area (Å²) in [5.74, 6) is 0. The number of ether oxygens (including phenoxy) is 1. The van der Waals surface area contributed by atoms with Crippen LogP contribution < -0.4 is 5.32 Å². The first kappa shape index (κ1) is 11.9. The molecule has 1 rings (SSSR count). The van der Waals surface area contributed by atoms with Crippen molar-refractivity contribution in [3.8, 4) is 0 Å². The Balaban J connectivity index is 2.55. The van der Waals surface area contributed by atoms with Crippen LogP contribution in [0.3, 0.4) is 0 Å². The van der Waals surface area contributed by atoms with Crippen LogP contribution in [0.25, 0.3) is 0 Å². The lowest BCUT2D eigenvalue weighted by Crippen LogP contribution is -2.31. The second kappa shape index (κ2) is 4.54. The molecule has 7 heteroatoms. The van der Waals surface area contributed by atoms with Crippen LogP contribution in [0.5, 0.6) is 0 Å². The third-order valence-electron chi connectivity index (χ3n) is 1.89. The van der Waals surface area contributed by atoms with Gasteiger partial charge in [0.05, 0.1) is 10.5 Å². The molecule has 1 N–H and O–H groups in total. The monoisotopic (exact) mass is 231 g/mol. The van der Waals surface area contributed by atoms with E-state index in [-0.39, 0.29) is 10.6 Å². The van der Waals surface area contributed by atoms with Crippen molar-refractivity contribution in [3.63, 3.8) is 0 Å². The molecule has 6 nitrogen and oxygen atoms in total. The highest BCUT2D eigenvalue weighted by molar-refractivity contribution is 7.18. The molecule has 0 aliphatic rings. The molecule has 0 saturated heterocycles. The molecule has 0 aliphatic heterocycles. The van der Waals surface area contributed by atoms with Crippen LogP contribution in [-0.2, 0) is 4.74 Å². The molecular formula is C8H13N3O3S. The van der Waals surface area contributed by atoms with E-state index in [2.05, 4.69) is 10.3 Å². The minimum atomic E-state index is -0.454. The highest BCUT2D eigenvalue weighted by atomic mass is 32.1. The van der Waals surface area contributed by atoms with Gasteiger partial charge in [0.2, 0.25) is 0 Å². The Morgan fingerprint density at radius 3 is 2.87 bits per heavy atom. The maximum atomic E-state index is 10.4. The van der Waals surface area contributed by atoms with Crippen LogP contribution >= 0.6 is 11.3 Å². The molecule has 0 radical (unpaired) electrons. The summed E-state index contributed by atoms with van der Waals surface area (Å²) in [5, 5.41) is 14.0. The van der Waals surface area contributed by atoms with E-state index in [4.69, 9.17) is 4.74 Å². The molecule has 84 valence electrons. The molecule has 15 heavy (non-hydrogen) atoms. The van der Waals surface area contributed by atoms with Crippen LogP contribution in [0, 0.1) is 10.1 Å². The standard InChI is InChI=1S/C8H13N3O3S/c1-8(2,14-3)5-10-7-9-4-6(15-7)11(12)13/h4H,5H2,1-3H3,(H,9,10). The van der Waals surface area contributed by atoms with E-state index < -0.39 is 4.92 Å². The molecule has 0 unspecified atom stereocenters. The summed E-state index contributed by atoms with van der Waals surface area (Å²) >= 11 is 1.02. The van der Waals surface area contributed by atoms with Crippen molar-refractivity contribution in [3.05, 3.63) is 16.3 Å². The van der Waals surface area contributed by atoms with Gasteiger partial charge in [0.25, 0.3) is 0 Å². The summed E-state index contributed by atoms with van der Waals surface area (Å²) in [6, 6.07) is 0. The van der Waals surface area contributed by atoms with Gasteiger partial charge in [0.1, 0.15) is 6.20 Å². The van der Waals surface area contributed by atoms with Crippen molar-refractivity contribution in [2.75, 3.05) is 19.0 Å². The van der Waals surface area contributed by atoms with E-state index in [0.717, 1.165) is 11.3 Å². The number of hydrogen-bond acceptors (Lipinski definition) is 6. The molecule has 0 bridgehead atoms. The summed E-state index contributed by atoms with van der Waals surface area (Å²) in [7, 11) is 1.62. The summed E-state index contributed by atoms with van der Waals surface area (Å²) in [6.45, 7) is 4.39. The Hall–Kier alpha value is -1.21. The van der Waals surface area contributed by atoms with Crippen molar-refractivity contribution < 1.29 is 9.66 Å². The topological polar surface area (TPSA) is 77.3 Å². The fraction of sp³-hybridized carbons (Fsp3) is 0.625. The Morgan fingerprint density at radius 2 is 2.40 bits per heavy atom. The average molecular weight is 231 g/mol. The average Bonchev–Trinajstić information content (AvgIpc) is 2.63. The van der Waals surface area contributed by atoms with Crippen LogP contribution in [0.1, 0.15) is 13.8 Å². The SMILES string of the molecule is COC(C)(C)CNc1ncc([N+](=O)[O-])s1. The van der Waals surface area contributed by atoms with Gasteiger partial charge < -0.3 is 10.1 Å². The molecule has 0 amide bonds. The van der Waals surface area contributed by atoms with Crippen molar-refractivity contribution in [2.24, 2.45) is 0 Å². The normalized spacial score (nSPS) is 11.4. The van der Waals surface area contributed by atoms with Gasteiger partial charge in [-0.1, -0.05) is 0 Å². The Bertz CT molecular complexity index is 351. The zero-order valence-corrected chi connectivity index (χ0v) is 9.63. The summed E-state index contributed by atoms with van der Waals surface area (Å²) in [5.41, 5.74) is -0.319. The van der Waals surface area contributed by atoms with Gasteiger partial charge in [-0.3, -0.25) is 10.1 Å². The van der Waals surface area contributed by atoms with Crippen LogP contribution in [0.4, 0.5) is 10.1 Å². The number of thiazole rings is 1. The minimum absolute atomic E-state index is 0.0349. The highest BCUT2D eigenvalue weighted by Gasteiger charge is 2.17. The lowest BCUT2D eigenvalue weighted by atomic mass is 10.1. The van der Waals surface area contributed by atoms with Gasteiger partial charge in [-0.25, -0.2) is 4.98 Å². The highest BCUT2D eigenvalue weighted by Crippen LogP contribution is 2.25. The van der Waals surface area contributed by atoms with Gasteiger partial charge >= 0.3 is 5.00 Å². The Labute approximate surface area is 91.4 Å². The van der Waals surface area contributed by atoms with Crippen molar-refractivity contribution in [1.29, 1.82) is 0 Å². The molecule has 0 saturated carbocycles. The lowest BCUT2D eigenvalue weighted by molar-refractivity contribution is -0.380. The second-order valence-electron chi connectivity index (χ2n) is 3.58. The van der Waals surface area contributed by atoms with E-state index in [1.807, 2.05) is 13.8 Å². The molecule has 0 atom stereocenters. The van der Waals surface area contributed by atoms with E-state index >= 15 is 0 Å². The molecule has 0 aliphatic carbocycles. The van der Waals surface area contributed by atoms with Crippen LogP contribution in [0.15, 0.2) is 6.20 Å². The van der Waals surface area contributed by atoms with E-state index in [0.29, 0.717) is 11.7 Å². The van der Waals surface area contributed by atoms with Crippen molar-refractivity contribution in [1.82, 2.24) is 4.98 Å². The molecular weight excluding hydrogens is 218 g/mol. The first-order valence-corrected chi connectivity index (χ1v) is 5.15. The number of nitrogens with zero attached hydrogens (tertiary/aromatic N) is 2. The number of aromatic nitrogens is 1. The first-order chi connectivity index (χ1) is 6.94. The third kappa shape index (κ3) is 3.45. The number of anilines is 1. The predicted octanol–water partition coefficient (Wildman–Crippen LogP) is 1.89. The van der Waals surface area contributed by atoms with Crippen molar-refractivity contribution >= 4 is 21.5 Å². The molecule has 1 aromatic heterocycles. The van der Waals surface area contributed by atoms with Gasteiger partial charge in [0, 0.05) is 13.7 Å². The second-order valence-corrected chi connectivity index (χ2v) is 4.59. The summed E-state index contributed by atoms with van der Waals surface area (Å²) in [4.78, 5) is 13.8. The van der Waals surface area contributed by atoms with Gasteiger partial charge in [-0.15, -0.1) is 0 Å². The maximum absolute atomic E-state index is 10.4. The molecule has 0 aromatic carbocycles. The molecule has 0 spiro atoms. The Morgan fingerprint density at radius 1 is 1.73 bits per heavy atom. The maximum Gasteiger partial charge on any atom is 0.345 e. The summed E-state index contributed by atoms with van der Waals surface area (Å²) in [6.07, 6.45) is 1.24. The number of hydrogen-bond donors (Lipinski definition) is 1. The number of nitro groups is 1. The van der Waals surface area contributed by atoms with Crippen molar-refractivity contribution in [2.45, 2.75) is 19.4 Å². The fourth-order valence-corrected chi connectivity index (χ4v) is 1.42. The van der Waals surface area contributed by atoms with E-state index in [1.165, 1.54) is 6.20 Å². The number of rotatable bonds is 5. The third-order valence-corrected chi connectivity index (χ3v) is 2.80. The van der Waals surface area contributed by atoms with Gasteiger partial charge in [-0.2, -0.15) is 0 Å². The van der Waals surface area contributed by atoms with Gasteiger partial charge in [-0.05, 0) is 25.2 Å². The molecule has 1 aromatic rings. The first-order valence-electron chi connectivity index (χ1n) is 4.34. The predicted molar refractivity (Wildman–Crippen MR) is 58.3 cm³/mol. The zero-order valence-electron chi connectivity index (χ0n) is 8.81. The van der Waals surface area contributed by atoms with E-state index in [1.54, 1.807) is 7.11 Å². The van der Waals surface area contributed by atoms with E-state index in [9.17, 15) is 10.1 Å². The number of nitrogens with one attached hydrogen (secondary N) is 1.